The first-order valence-electron chi connectivity index (χ1n) is 7.22. The SMILES string of the molecule is COCCn1ncc(Br)c1C(N)CCCc1ccccc1. The Bertz CT molecular complexity index is 542. The largest absolute Gasteiger partial charge is 0.383 e. The van der Waals surface area contributed by atoms with Crippen LogP contribution in [-0.4, -0.2) is 23.5 Å². The van der Waals surface area contributed by atoms with Crippen molar-refractivity contribution in [2.75, 3.05) is 13.7 Å². The van der Waals surface area contributed by atoms with Gasteiger partial charge in [0.05, 0.1) is 29.5 Å². The van der Waals surface area contributed by atoms with Gasteiger partial charge in [-0.25, -0.2) is 0 Å². The van der Waals surface area contributed by atoms with E-state index in [-0.39, 0.29) is 6.04 Å². The molecule has 114 valence electrons. The Hall–Kier alpha value is -1.17. The minimum absolute atomic E-state index is 0.0116. The molecule has 2 rings (SSSR count). The smallest absolute Gasteiger partial charge is 0.0694 e. The van der Waals surface area contributed by atoms with Crippen molar-refractivity contribution in [1.82, 2.24) is 9.78 Å². The summed E-state index contributed by atoms with van der Waals surface area (Å²) in [6.07, 6.45) is 4.86. The fourth-order valence-electron chi connectivity index (χ4n) is 2.40. The fraction of sp³-hybridized carbons (Fsp3) is 0.438. The minimum atomic E-state index is -0.0116. The summed E-state index contributed by atoms with van der Waals surface area (Å²) < 4.78 is 8.02. The molecule has 0 fully saturated rings. The van der Waals surface area contributed by atoms with E-state index in [9.17, 15) is 0 Å². The fourth-order valence-corrected chi connectivity index (χ4v) is 2.99. The molecule has 0 bridgehead atoms. The molecular weight excluding hydrogens is 330 g/mol. The van der Waals surface area contributed by atoms with Crippen LogP contribution in [0.4, 0.5) is 0 Å². The molecule has 0 radical (unpaired) electrons. The topological polar surface area (TPSA) is 53.1 Å². The zero-order chi connectivity index (χ0) is 15.1. The number of nitrogens with two attached hydrogens (primary N) is 1. The second kappa shape index (κ2) is 8.32. The third kappa shape index (κ3) is 4.66. The Morgan fingerprint density at radius 2 is 2.10 bits per heavy atom. The monoisotopic (exact) mass is 351 g/mol. The molecule has 1 unspecified atom stereocenters. The number of aromatic nitrogens is 2. The molecule has 1 aromatic carbocycles. The first-order valence-corrected chi connectivity index (χ1v) is 8.01. The number of hydrogen-bond donors (Lipinski definition) is 1. The predicted molar refractivity (Wildman–Crippen MR) is 88.1 cm³/mol. The Morgan fingerprint density at radius 3 is 2.81 bits per heavy atom. The van der Waals surface area contributed by atoms with Crippen molar-refractivity contribution in [3.63, 3.8) is 0 Å². The quantitative estimate of drug-likeness (QED) is 0.793. The van der Waals surface area contributed by atoms with E-state index in [1.165, 1.54) is 5.56 Å². The molecule has 0 amide bonds. The lowest BCUT2D eigenvalue weighted by Crippen LogP contribution is -2.18. The third-order valence-electron chi connectivity index (χ3n) is 3.52. The zero-order valence-corrected chi connectivity index (χ0v) is 13.9. The molecule has 1 aromatic heterocycles. The van der Waals surface area contributed by atoms with E-state index in [1.807, 2.05) is 16.9 Å². The lowest BCUT2D eigenvalue weighted by molar-refractivity contribution is 0.182. The molecule has 0 aliphatic rings. The van der Waals surface area contributed by atoms with E-state index in [0.717, 1.165) is 36.0 Å². The summed E-state index contributed by atoms with van der Waals surface area (Å²) in [5, 5.41) is 4.35. The van der Waals surface area contributed by atoms with Gasteiger partial charge in [-0.05, 0) is 40.8 Å². The van der Waals surface area contributed by atoms with Crippen LogP contribution in [0.15, 0.2) is 41.0 Å². The van der Waals surface area contributed by atoms with Crippen LogP contribution in [0.25, 0.3) is 0 Å². The van der Waals surface area contributed by atoms with E-state index in [4.69, 9.17) is 10.5 Å². The van der Waals surface area contributed by atoms with Crippen LogP contribution in [0, 0.1) is 0 Å². The van der Waals surface area contributed by atoms with Crippen LogP contribution >= 0.6 is 15.9 Å². The van der Waals surface area contributed by atoms with E-state index >= 15 is 0 Å². The molecule has 0 saturated carbocycles. The van der Waals surface area contributed by atoms with Crippen LogP contribution in [0.5, 0.6) is 0 Å². The van der Waals surface area contributed by atoms with Crippen molar-refractivity contribution in [2.45, 2.75) is 31.8 Å². The summed E-state index contributed by atoms with van der Waals surface area (Å²) in [5.74, 6) is 0. The maximum absolute atomic E-state index is 6.35. The maximum atomic E-state index is 6.35. The predicted octanol–water partition coefficient (Wildman–Crippen LogP) is 3.31. The number of methoxy groups -OCH3 is 1. The van der Waals surface area contributed by atoms with Crippen LogP contribution in [0.1, 0.15) is 30.1 Å². The van der Waals surface area contributed by atoms with E-state index < -0.39 is 0 Å². The highest BCUT2D eigenvalue weighted by Gasteiger charge is 2.16. The van der Waals surface area contributed by atoms with Gasteiger partial charge < -0.3 is 10.5 Å². The lowest BCUT2D eigenvalue weighted by Gasteiger charge is -2.15. The molecule has 0 saturated heterocycles. The number of halogens is 1. The van der Waals surface area contributed by atoms with Crippen molar-refractivity contribution < 1.29 is 4.74 Å². The second-order valence-corrected chi connectivity index (χ2v) is 5.93. The summed E-state index contributed by atoms with van der Waals surface area (Å²) in [7, 11) is 1.69. The van der Waals surface area contributed by atoms with Gasteiger partial charge >= 0.3 is 0 Å². The molecule has 0 aliphatic carbocycles. The molecule has 4 nitrogen and oxygen atoms in total. The average molecular weight is 352 g/mol. The van der Waals surface area contributed by atoms with Gasteiger partial charge in [-0.3, -0.25) is 4.68 Å². The van der Waals surface area contributed by atoms with Crippen LogP contribution in [0.2, 0.25) is 0 Å². The van der Waals surface area contributed by atoms with Gasteiger partial charge in [-0.2, -0.15) is 5.10 Å². The molecule has 1 heterocycles. The van der Waals surface area contributed by atoms with Gasteiger partial charge in [0.25, 0.3) is 0 Å². The van der Waals surface area contributed by atoms with Crippen molar-refractivity contribution >= 4 is 15.9 Å². The van der Waals surface area contributed by atoms with Crippen molar-refractivity contribution in [2.24, 2.45) is 5.73 Å². The zero-order valence-electron chi connectivity index (χ0n) is 12.3. The molecule has 21 heavy (non-hydrogen) atoms. The highest BCUT2D eigenvalue weighted by Crippen LogP contribution is 2.25. The number of hydrogen-bond acceptors (Lipinski definition) is 3. The Kier molecular flexibility index (Phi) is 6.42. The average Bonchev–Trinajstić information content (AvgIpc) is 2.87. The van der Waals surface area contributed by atoms with Gasteiger partial charge in [0.15, 0.2) is 0 Å². The molecule has 1 atom stereocenters. The van der Waals surface area contributed by atoms with Gasteiger partial charge in [0, 0.05) is 13.2 Å². The number of aryl methyl sites for hydroxylation is 1. The highest BCUT2D eigenvalue weighted by atomic mass is 79.9. The van der Waals surface area contributed by atoms with Crippen LogP contribution in [-0.2, 0) is 17.7 Å². The van der Waals surface area contributed by atoms with Gasteiger partial charge in [0.1, 0.15) is 0 Å². The summed E-state index contributed by atoms with van der Waals surface area (Å²) in [6, 6.07) is 10.5. The minimum Gasteiger partial charge on any atom is -0.383 e. The van der Waals surface area contributed by atoms with Gasteiger partial charge in [-0.1, -0.05) is 30.3 Å². The number of benzene rings is 1. The Labute approximate surface area is 134 Å². The number of nitrogens with zero attached hydrogens (tertiary/aromatic N) is 2. The number of rotatable bonds is 8. The normalized spacial score (nSPS) is 12.5. The highest BCUT2D eigenvalue weighted by molar-refractivity contribution is 9.10. The third-order valence-corrected chi connectivity index (χ3v) is 4.13. The second-order valence-electron chi connectivity index (χ2n) is 5.08. The summed E-state index contributed by atoms with van der Waals surface area (Å²) in [5.41, 5.74) is 8.76. The van der Waals surface area contributed by atoms with E-state index in [1.54, 1.807) is 7.11 Å². The van der Waals surface area contributed by atoms with E-state index in [0.29, 0.717) is 6.61 Å². The molecule has 2 aromatic rings. The standard InChI is InChI=1S/C16H22BrN3O/c1-21-11-10-20-16(14(17)12-19-20)15(18)9-5-8-13-6-3-2-4-7-13/h2-4,6-7,12,15H,5,8-11,18H2,1H3. The summed E-state index contributed by atoms with van der Waals surface area (Å²) in [6.45, 7) is 1.36. The van der Waals surface area contributed by atoms with Crippen LogP contribution in [0.3, 0.4) is 0 Å². The Balaban J connectivity index is 1.90. The molecule has 5 heteroatoms. The van der Waals surface area contributed by atoms with Gasteiger partial charge in [-0.15, -0.1) is 0 Å². The van der Waals surface area contributed by atoms with Crippen molar-refractivity contribution in [3.05, 3.63) is 52.3 Å². The lowest BCUT2D eigenvalue weighted by atomic mass is 10.0. The Morgan fingerprint density at radius 1 is 1.33 bits per heavy atom. The maximum Gasteiger partial charge on any atom is 0.0694 e. The molecule has 0 aliphatic heterocycles. The van der Waals surface area contributed by atoms with Gasteiger partial charge in [0.2, 0.25) is 0 Å². The van der Waals surface area contributed by atoms with Crippen molar-refractivity contribution in [3.8, 4) is 0 Å². The molecule has 2 N–H and O–H groups in total. The summed E-state index contributed by atoms with van der Waals surface area (Å²) in [4.78, 5) is 0. The van der Waals surface area contributed by atoms with E-state index in [2.05, 4.69) is 45.3 Å². The molecule has 0 spiro atoms. The molecular formula is C16H22BrN3O. The first-order chi connectivity index (χ1) is 10.2. The summed E-state index contributed by atoms with van der Waals surface area (Å²) >= 11 is 3.54. The van der Waals surface area contributed by atoms with Crippen LogP contribution < -0.4 is 5.73 Å². The number of ether oxygens (including phenoxy) is 1. The van der Waals surface area contributed by atoms with Crippen molar-refractivity contribution in [1.29, 1.82) is 0 Å². The first kappa shape index (κ1) is 16.2.